The van der Waals surface area contributed by atoms with Crippen LogP contribution in [0.4, 0.5) is 0 Å². The number of fused-ring (bicyclic) bond motifs is 1. The fourth-order valence-electron chi connectivity index (χ4n) is 2.42. The van der Waals surface area contributed by atoms with Gasteiger partial charge in [-0.1, -0.05) is 24.6 Å². The van der Waals surface area contributed by atoms with Crippen molar-refractivity contribution in [3.63, 3.8) is 0 Å². The van der Waals surface area contributed by atoms with Gasteiger partial charge in [-0.2, -0.15) is 0 Å². The molecule has 0 aliphatic rings. The summed E-state index contributed by atoms with van der Waals surface area (Å²) in [4.78, 5) is 0. The van der Waals surface area contributed by atoms with Gasteiger partial charge in [0.25, 0.3) is 0 Å². The van der Waals surface area contributed by atoms with Crippen LogP contribution in [0.25, 0.3) is 10.9 Å². The van der Waals surface area contributed by atoms with E-state index in [1.165, 1.54) is 17.2 Å². The Kier molecular flexibility index (Phi) is 5.30. The number of rotatable bonds is 7. The van der Waals surface area contributed by atoms with E-state index in [0.717, 1.165) is 18.6 Å². The van der Waals surface area contributed by atoms with Gasteiger partial charge in [-0.3, -0.25) is 0 Å². The number of aryl methyl sites for hydroxylation is 1. The third kappa shape index (κ3) is 4.46. The molecule has 0 atom stereocenters. The standard InChI is InChI=1S/C15H21ClN2O2S/c1-3-17-10-12-11-18(7-4-8-21(2,19)20)15-9-13(16)5-6-14(12)15/h5-6,9,11,17H,3-4,7-8,10H2,1-2H3. The predicted octanol–water partition coefficient (Wildman–Crippen LogP) is 2.84. The average molecular weight is 329 g/mol. The summed E-state index contributed by atoms with van der Waals surface area (Å²) in [6.45, 7) is 4.46. The first-order valence-electron chi connectivity index (χ1n) is 7.06. The van der Waals surface area contributed by atoms with E-state index < -0.39 is 9.84 Å². The first-order chi connectivity index (χ1) is 9.90. The van der Waals surface area contributed by atoms with Crippen LogP contribution in [0.1, 0.15) is 18.9 Å². The minimum atomic E-state index is -2.91. The highest BCUT2D eigenvalue weighted by Crippen LogP contribution is 2.25. The lowest BCUT2D eigenvalue weighted by atomic mass is 10.2. The molecule has 0 aliphatic carbocycles. The van der Waals surface area contributed by atoms with Crippen molar-refractivity contribution >= 4 is 32.3 Å². The monoisotopic (exact) mass is 328 g/mol. The zero-order chi connectivity index (χ0) is 15.5. The summed E-state index contributed by atoms with van der Waals surface area (Å²) < 4.78 is 24.6. The predicted molar refractivity (Wildman–Crippen MR) is 88.7 cm³/mol. The van der Waals surface area contributed by atoms with Gasteiger partial charge in [0.1, 0.15) is 9.84 Å². The molecule has 116 valence electrons. The summed E-state index contributed by atoms with van der Waals surface area (Å²) in [6.07, 6.45) is 3.97. The smallest absolute Gasteiger partial charge is 0.147 e. The zero-order valence-electron chi connectivity index (χ0n) is 12.4. The Bertz CT molecular complexity index is 723. The molecule has 1 aromatic heterocycles. The second-order valence-corrected chi connectivity index (χ2v) is 7.97. The van der Waals surface area contributed by atoms with Crippen molar-refractivity contribution in [2.24, 2.45) is 0 Å². The second-order valence-electron chi connectivity index (χ2n) is 5.27. The minimum absolute atomic E-state index is 0.204. The summed E-state index contributed by atoms with van der Waals surface area (Å²) in [5.41, 5.74) is 2.27. The van der Waals surface area contributed by atoms with E-state index in [9.17, 15) is 8.42 Å². The van der Waals surface area contributed by atoms with Crippen molar-refractivity contribution in [2.75, 3.05) is 18.6 Å². The lowest BCUT2D eigenvalue weighted by molar-refractivity contribution is 0.593. The molecular weight excluding hydrogens is 308 g/mol. The van der Waals surface area contributed by atoms with Crippen molar-refractivity contribution in [3.8, 4) is 0 Å². The Balaban J connectivity index is 2.27. The van der Waals surface area contributed by atoms with Gasteiger partial charge in [-0.05, 0) is 30.7 Å². The zero-order valence-corrected chi connectivity index (χ0v) is 14.0. The van der Waals surface area contributed by atoms with Gasteiger partial charge < -0.3 is 9.88 Å². The number of nitrogens with zero attached hydrogens (tertiary/aromatic N) is 1. The second kappa shape index (κ2) is 6.81. The van der Waals surface area contributed by atoms with Crippen LogP contribution in [-0.2, 0) is 22.9 Å². The Labute approximate surface area is 131 Å². The van der Waals surface area contributed by atoms with E-state index >= 15 is 0 Å². The molecule has 0 unspecified atom stereocenters. The maximum atomic E-state index is 11.2. The summed E-state index contributed by atoms with van der Waals surface area (Å²) in [6, 6.07) is 5.85. The number of aromatic nitrogens is 1. The average Bonchev–Trinajstić information content (AvgIpc) is 2.72. The fourth-order valence-corrected chi connectivity index (χ4v) is 3.24. The molecule has 1 heterocycles. The largest absolute Gasteiger partial charge is 0.347 e. The molecule has 0 fully saturated rings. The maximum Gasteiger partial charge on any atom is 0.147 e. The SMILES string of the molecule is CCNCc1cn(CCCS(C)(=O)=O)c2cc(Cl)ccc12. The van der Waals surface area contributed by atoms with Gasteiger partial charge in [0.05, 0.1) is 5.75 Å². The summed E-state index contributed by atoms with van der Waals surface area (Å²) >= 11 is 6.09. The van der Waals surface area contributed by atoms with Gasteiger partial charge in [0.15, 0.2) is 0 Å². The highest BCUT2D eigenvalue weighted by atomic mass is 35.5. The quantitative estimate of drug-likeness (QED) is 0.850. The molecule has 2 aromatic rings. The topological polar surface area (TPSA) is 51.1 Å². The van der Waals surface area contributed by atoms with E-state index in [-0.39, 0.29) is 5.75 Å². The molecule has 0 radical (unpaired) electrons. The first-order valence-corrected chi connectivity index (χ1v) is 9.50. The van der Waals surface area contributed by atoms with Gasteiger partial charge in [-0.25, -0.2) is 8.42 Å². The minimum Gasteiger partial charge on any atom is -0.347 e. The van der Waals surface area contributed by atoms with E-state index in [2.05, 4.69) is 23.0 Å². The number of sulfone groups is 1. The molecule has 1 aromatic carbocycles. The molecule has 4 nitrogen and oxygen atoms in total. The third-order valence-electron chi connectivity index (χ3n) is 3.41. The highest BCUT2D eigenvalue weighted by molar-refractivity contribution is 7.90. The van der Waals surface area contributed by atoms with E-state index in [0.29, 0.717) is 18.0 Å². The van der Waals surface area contributed by atoms with Crippen molar-refractivity contribution in [1.29, 1.82) is 0 Å². The fraction of sp³-hybridized carbons (Fsp3) is 0.467. The van der Waals surface area contributed by atoms with Gasteiger partial charge in [-0.15, -0.1) is 0 Å². The summed E-state index contributed by atoms with van der Waals surface area (Å²) in [5, 5.41) is 5.18. The van der Waals surface area contributed by atoms with Crippen LogP contribution in [0.5, 0.6) is 0 Å². The lowest BCUT2D eigenvalue weighted by Crippen LogP contribution is -2.11. The number of benzene rings is 1. The molecule has 0 bridgehead atoms. The van der Waals surface area contributed by atoms with Crippen LogP contribution < -0.4 is 5.32 Å². The molecule has 2 rings (SSSR count). The third-order valence-corrected chi connectivity index (χ3v) is 4.67. The van der Waals surface area contributed by atoms with Crippen molar-refractivity contribution < 1.29 is 8.42 Å². The van der Waals surface area contributed by atoms with Crippen LogP contribution in [0, 0.1) is 0 Å². The van der Waals surface area contributed by atoms with Gasteiger partial charge >= 0.3 is 0 Å². The Morgan fingerprint density at radius 2 is 2.10 bits per heavy atom. The highest BCUT2D eigenvalue weighted by Gasteiger charge is 2.10. The van der Waals surface area contributed by atoms with Crippen molar-refractivity contribution in [1.82, 2.24) is 9.88 Å². The van der Waals surface area contributed by atoms with Crippen molar-refractivity contribution in [3.05, 3.63) is 35.0 Å². The number of hydrogen-bond donors (Lipinski definition) is 1. The molecular formula is C15H21ClN2O2S. The van der Waals surface area contributed by atoms with Gasteiger partial charge in [0, 0.05) is 41.5 Å². The normalized spacial score (nSPS) is 12.1. The lowest BCUT2D eigenvalue weighted by Gasteiger charge is -2.05. The number of hydrogen-bond acceptors (Lipinski definition) is 3. The van der Waals surface area contributed by atoms with Crippen LogP contribution in [0.15, 0.2) is 24.4 Å². The van der Waals surface area contributed by atoms with E-state index in [1.807, 2.05) is 18.2 Å². The Morgan fingerprint density at radius 3 is 2.76 bits per heavy atom. The maximum absolute atomic E-state index is 11.2. The first kappa shape index (κ1) is 16.3. The molecule has 0 spiro atoms. The molecule has 21 heavy (non-hydrogen) atoms. The molecule has 6 heteroatoms. The van der Waals surface area contributed by atoms with Gasteiger partial charge in [0.2, 0.25) is 0 Å². The molecule has 0 amide bonds. The molecule has 0 aliphatic heterocycles. The van der Waals surface area contributed by atoms with Crippen LogP contribution in [0.3, 0.4) is 0 Å². The molecule has 1 N–H and O–H groups in total. The molecule has 0 saturated heterocycles. The number of nitrogens with one attached hydrogen (secondary N) is 1. The van der Waals surface area contributed by atoms with E-state index in [4.69, 9.17) is 11.6 Å². The Hall–Kier alpha value is -1.04. The van der Waals surface area contributed by atoms with Crippen LogP contribution in [-0.4, -0.2) is 31.5 Å². The summed E-state index contributed by atoms with van der Waals surface area (Å²) in [5.74, 6) is 0.204. The van der Waals surface area contributed by atoms with Crippen molar-refractivity contribution in [2.45, 2.75) is 26.4 Å². The van der Waals surface area contributed by atoms with E-state index in [1.54, 1.807) is 0 Å². The number of halogens is 1. The summed E-state index contributed by atoms with van der Waals surface area (Å²) in [7, 11) is -2.91. The Morgan fingerprint density at radius 1 is 1.33 bits per heavy atom. The van der Waals surface area contributed by atoms with Crippen LogP contribution in [0.2, 0.25) is 5.02 Å². The van der Waals surface area contributed by atoms with Crippen LogP contribution >= 0.6 is 11.6 Å². The molecule has 0 saturated carbocycles.